The second-order valence-electron chi connectivity index (χ2n) is 0.773. The van der Waals surface area contributed by atoms with Crippen molar-refractivity contribution in [2.45, 2.75) is 0 Å². The van der Waals surface area contributed by atoms with Crippen LogP contribution in [-0.4, -0.2) is 12.5 Å². The maximum atomic E-state index is 3.99. The molecule has 0 nitrogen and oxygen atoms in total. The first-order valence-electron chi connectivity index (χ1n) is 0.999. The van der Waals surface area contributed by atoms with Crippen molar-refractivity contribution in [1.82, 2.24) is 0 Å². The first-order valence-corrected chi connectivity index (χ1v) is 4.09. The lowest BCUT2D eigenvalue weighted by Crippen LogP contribution is -1.62. The Labute approximate surface area is 31.4 Å². The van der Waals surface area contributed by atoms with Crippen molar-refractivity contribution < 1.29 is 0 Å². The summed E-state index contributed by atoms with van der Waals surface area (Å²) in [7, 11) is 4.33. The van der Waals surface area contributed by atoms with Gasteiger partial charge in [-0.2, -0.15) is 10.1 Å². The van der Waals surface area contributed by atoms with Crippen molar-refractivity contribution >= 4 is 18.1 Å². The van der Waals surface area contributed by atoms with Gasteiger partial charge in [0.15, 0.2) is 0 Å². The van der Waals surface area contributed by atoms with Gasteiger partial charge in [0.1, 0.15) is 0 Å². The molecule has 0 unspecified atom stereocenters. The molecule has 0 bridgehead atoms. The topological polar surface area (TPSA) is 0 Å². The van der Waals surface area contributed by atoms with E-state index >= 15 is 0 Å². The molecule has 0 aliphatic heterocycles. The van der Waals surface area contributed by atoms with E-state index in [9.17, 15) is 0 Å². The van der Waals surface area contributed by atoms with E-state index in [-0.39, 0.29) is 0 Å². The number of hydrogen-bond acceptors (Lipinski definition) is 0. The van der Waals surface area contributed by atoms with Crippen LogP contribution >= 0.6 is 8.02 Å². The summed E-state index contributed by atoms with van der Waals surface area (Å²) in [5, 5.41) is 0. The first kappa shape index (κ1) is 4.65. The highest BCUT2D eigenvalue weighted by molar-refractivity contribution is 8.14. The molecule has 0 amide bonds. The molecule has 25 valence electrons. The molecule has 1 radical (unpaired) electrons. The fraction of sp³-hybridized carbons (Fsp3) is 1.00. The monoisotopic (exact) mass is 93.0 g/mol. The second kappa shape index (κ2) is 1.92. The van der Waals surface area contributed by atoms with Crippen LogP contribution in [0.15, 0.2) is 0 Å². The molecule has 0 aromatic carbocycles. The van der Waals surface area contributed by atoms with Gasteiger partial charge < -0.3 is 0 Å². The highest BCUT2D eigenvalue weighted by Gasteiger charge is 1.50. The third-order valence-corrected chi connectivity index (χ3v) is 0. The van der Waals surface area contributed by atoms with E-state index in [4.69, 9.17) is 0 Å². The molecule has 4 heavy (non-hydrogen) atoms. The van der Waals surface area contributed by atoms with E-state index in [2.05, 4.69) is 20.5 Å². The van der Waals surface area contributed by atoms with E-state index in [1.807, 2.05) is 0 Å². The number of hydrogen-bond donors (Lipinski definition) is 0. The van der Waals surface area contributed by atoms with Crippen LogP contribution in [0.5, 0.6) is 0 Å². The minimum absolute atomic E-state index is 0.333. The van der Waals surface area contributed by atoms with Crippen LogP contribution in [0.1, 0.15) is 0 Å². The lowest BCUT2D eigenvalue weighted by atomic mass is 11.9. The zero-order valence-electron chi connectivity index (χ0n) is 2.86. The van der Waals surface area contributed by atoms with Gasteiger partial charge in [-0.1, -0.05) is 0 Å². The Balaban J connectivity index is 2.80. The Hall–Kier alpha value is 0.650. The van der Waals surface area contributed by atoms with Crippen LogP contribution in [0.25, 0.3) is 0 Å². The molecule has 0 heterocycles. The molecule has 0 aliphatic carbocycles. The molecule has 2 heteroatoms. The molecule has 0 fully saturated rings. The lowest BCUT2D eigenvalue weighted by Gasteiger charge is -1.67. The SMILES string of the molecule is CS(C)=[P]. The zero-order chi connectivity index (χ0) is 3.58. The summed E-state index contributed by atoms with van der Waals surface area (Å²) in [6, 6.07) is 0. The molecule has 0 N–H and O–H groups in total. The number of rotatable bonds is 0. The van der Waals surface area contributed by atoms with Gasteiger partial charge in [-0.3, -0.25) is 0 Å². The third kappa shape index (κ3) is 17.1. The molecule has 0 saturated carbocycles. The minimum Gasteiger partial charge on any atom is -0.160 e. The van der Waals surface area contributed by atoms with Crippen LogP contribution in [0, 0.1) is 0 Å². The lowest BCUT2D eigenvalue weighted by molar-refractivity contribution is 2.35. The predicted octanol–water partition coefficient (Wildman–Crippen LogP) is 1.19. The summed E-state index contributed by atoms with van der Waals surface area (Å²) in [6.45, 7) is 0. The van der Waals surface area contributed by atoms with E-state index in [0.717, 1.165) is 0 Å². The van der Waals surface area contributed by atoms with Crippen molar-refractivity contribution in [2.24, 2.45) is 0 Å². The molecule has 0 aromatic rings. The molecule has 0 rings (SSSR count). The zero-order valence-corrected chi connectivity index (χ0v) is 4.57. The van der Waals surface area contributed by atoms with Crippen LogP contribution in [0.2, 0.25) is 0 Å². The van der Waals surface area contributed by atoms with Gasteiger partial charge in [-0.25, -0.2) is 0 Å². The molecule has 0 aromatic heterocycles. The largest absolute Gasteiger partial charge is 0.160 e. The normalized spacial score (nSPS) is 8.75. The Morgan fingerprint density at radius 3 is 1.50 bits per heavy atom. The smallest absolute Gasteiger partial charge is 0.00709 e. The maximum Gasteiger partial charge on any atom is -0.00709 e. The summed E-state index contributed by atoms with van der Waals surface area (Å²) in [4.78, 5) is 0. The highest BCUT2D eigenvalue weighted by atomic mass is 32.5. The third-order valence-electron chi connectivity index (χ3n) is 0. The summed E-state index contributed by atoms with van der Waals surface area (Å²) in [5.74, 6) is 0. The molecule has 0 spiro atoms. The molecular formula is C2H6PS. The van der Waals surface area contributed by atoms with Crippen LogP contribution in [0.3, 0.4) is 0 Å². The summed E-state index contributed by atoms with van der Waals surface area (Å²) >= 11 is 0. The van der Waals surface area contributed by atoms with Gasteiger partial charge in [0.2, 0.25) is 0 Å². The fourth-order valence-corrected chi connectivity index (χ4v) is 0. The summed E-state index contributed by atoms with van der Waals surface area (Å²) < 4.78 is 0. The summed E-state index contributed by atoms with van der Waals surface area (Å²) in [5.41, 5.74) is 0. The van der Waals surface area contributed by atoms with E-state index < -0.39 is 0 Å². The second-order valence-corrected chi connectivity index (χ2v) is 4.51. The van der Waals surface area contributed by atoms with Crippen molar-refractivity contribution in [2.75, 3.05) is 12.5 Å². The average Bonchev–Trinajstić information content (AvgIpc) is 0.811. The Morgan fingerprint density at radius 2 is 1.50 bits per heavy atom. The molecular weight excluding hydrogens is 87.1 g/mol. The molecule has 0 atom stereocenters. The summed E-state index contributed by atoms with van der Waals surface area (Å²) in [6.07, 6.45) is 4.12. The van der Waals surface area contributed by atoms with Crippen molar-refractivity contribution in [3.05, 3.63) is 0 Å². The Bertz CT molecular complexity index is 29.0. The highest BCUT2D eigenvalue weighted by Crippen LogP contribution is 1.68. The van der Waals surface area contributed by atoms with Crippen molar-refractivity contribution in [1.29, 1.82) is 0 Å². The van der Waals surface area contributed by atoms with E-state index in [1.165, 1.54) is 0 Å². The molecule has 0 saturated heterocycles. The van der Waals surface area contributed by atoms with Crippen molar-refractivity contribution in [3.63, 3.8) is 0 Å². The first-order chi connectivity index (χ1) is 1.73. The van der Waals surface area contributed by atoms with E-state index in [1.54, 1.807) is 0 Å². The maximum absolute atomic E-state index is 3.99. The van der Waals surface area contributed by atoms with Gasteiger partial charge >= 0.3 is 0 Å². The van der Waals surface area contributed by atoms with E-state index in [0.29, 0.717) is 10.1 Å². The predicted molar refractivity (Wildman–Crippen MR) is 26.1 cm³/mol. The van der Waals surface area contributed by atoms with Crippen molar-refractivity contribution in [3.8, 4) is 0 Å². The van der Waals surface area contributed by atoms with Crippen LogP contribution < -0.4 is 0 Å². The van der Waals surface area contributed by atoms with Gasteiger partial charge in [0, 0.05) is 0 Å². The van der Waals surface area contributed by atoms with Gasteiger partial charge in [0.25, 0.3) is 0 Å². The van der Waals surface area contributed by atoms with Gasteiger partial charge in [0.05, 0.1) is 0 Å². The fourth-order valence-electron chi connectivity index (χ4n) is 0. The minimum atomic E-state index is 0.333. The Kier molecular flexibility index (Phi) is 2.24. The molecule has 0 aliphatic rings. The van der Waals surface area contributed by atoms with Gasteiger partial charge in [-0.05, 0) is 20.5 Å². The Morgan fingerprint density at radius 1 is 1.50 bits per heavy atom. The standard InChI is InChI=1S/C2H6PS/c1-4(2)3/h1-2H3. The quantitative estimate of drug-likeness (QED) is 0.394. The van der Waals surface area contributed by atoms with Crippen LogP contribution in [-0.2, 0) is 10.1 Å². The van der Waals surface area contributed by atoms with Crippen LogP contribution in [0.4, 0.5) is 0 Å². The average molecular weight is 93.1 g/mol. The van der Waals surface area contributed by atoms with Gasteiger partial charge in [-0.15, -0.1) is 0 Å².